The predicted molar refractivity (Wildman–Crippen MR) is 103 cm³/mol. The summed E-state index contributed by atoms with van der Waals surface area (Å²) in [5, 5.41) is 3.08. The Morgan fingerprint density at radius 1 is 1.24 bits per heavy atom. The largest absolute Gasteiger partial charge is 0.375 e. The van der Waals surface area contributed by atoms with Gasteiger partial charge < -0.3 is 10.6 Å². The van der Waals surface area contributed by atoms with E-state index in [2.05, 4.69) is 11.1 Å². The van der Waals surface area contributed by atoms with Gasteiger partial charge in [-0.1, -0.05) is 23.7 Å². The molecular formula is C19H16ClN3OS. The third-order valence-electron chi connectivity index (χ3n) is 4.33. The van der Waals surface area contributed by atoms with E-state index in [-0.39, 0.29) is 5.91 Å². The molecule has 0 saturated carbocycles. The number of aromatic nitrogens is 1. The van der Waals surface area contributed by atoms with E-state index in [1.807, 2.05) is 22.4 Å². The lowest BCUT2D eigenvalue weighted by molar-refractivity contribution is 0.0985. The number of fused-ring (bicyclic) bond motifs is 1. The number of halogens is 1. The third-order valence-corrected chi connectivity index (χ3v) is 5.24. The van der Waals surface area contributed by atoms with Gasteiger partial charge in [-0.2, -0.15) is 0 Å². The highest BCUT2D eigenvalue weighted by atomic mass is 35.5. The van der Waals surface area contributed by atoms with Crippen LogP contribution in [0.25, 0.3) is 11.3 Å². The number of carbonyl (C=O) groups is 1. The molecule has 0 radical (unpaired) electrons. The third kappa shape index (κ3) is 3.13. The lowest BCUT2D eigenvalue weighted by Gasteiger charge is -2.30. The van der Waals surface area contributed by atoms with Gasteiger partial charge in [-0.15, -0.1) is 11.3 Å². The zero-order valence-corrected chi connectivity index (χ0v) is 15.0. The number of anilines is 2. The summed E-state index contributed by atoms with van der Waals surface area (Å²) in [5.41, 5.74) is 10.4. The number of thiazole rings is 1. The monoisotopic (exact) mass is 369 g/mol. The van der Waals surface area contributed by atoms with E-state index >= 15 is 0 Å². The van der Waals surface area contributed by atoms with Crippen LogP contribution in [-0.4, -0.2) is 17.4 Å². The Bertz CT molecular complexity index is 953. The van der Waals surface area contributed by atoms with E-state index < -0.39 is 0 Å². The van der Waals surface area contributed by atoms with Crippen LogP contribution in [0.1, 0.15) is 22.3 Å². The lowest BCUT2D eigenvalue weighted by Crippen LogP contribution is -2.35. The second-order valence-corrected chi connectivity index (χ2v) is 7.31. The molecule has 4 nitrogen and oxygen atoms in total. The minimum atomic E-state index is -0.0193. The topological polar surface area (TPSA) is 59.2 Å². The summed E-state index contributed by atoms with van der Waals surface area (Å²) in [5.74, 6) is -0.0193. The van der Waals surface area contributed by atoms with E-state index in [1.165, 1.54) is 11.3 Å². The van der Waals surface area contributed by atoms with Gasteiger partial charge in [0.1, 0.15) is 0 Å². The highest BCUT2D eigenvalue weighted by molar-refractivity contribution is 7.13. The van der Waals surface area contributed by atoms with Crippen molar-refractivity contribution >= 4 is 39.7 Å². The van der Waals surface area contributed by atoms with Gasteiger partial charge in [-0.05, 0) is 48.7 Å². The zero-order chi connectivity index (χ0) is 17.4. The number of benzene rings is 2. The quantitative estimate of drug-likeness (QED) is 0.715. The van der Waals surface area contributed by atoms with Crippen LogP contribution in [0.15, 0.2) is 47.8 Å². The van der Waals surface area contributed by atoms with Crippen molar-refractivity contribution in [3.8, 4) is 11.3 Å². The van der Waals surface area contributed by atoms with Crippen molar-refractivity contribution in [2.24, 2.45) is 0 Å². The summed E-state index contributed by atoms with van der Waals surface area (Å²) in [6.07, 6.45) is 1.88. The van der Waals surface area contributed by atoms with Gasteiger partial charge >= 0.3 is 0 Å². The molecule has 2 heterocycles. The molecule has 25 heavy (non-hydrogen) atoms. The molecule has 2 aromatic carbocycles. The molecule has 126 valence electrons. The fraction of sp³-hybridized carbons (Fsp3) is 0.158. The highest BCUT2D eigenvalue weighted by Gasteiger charge is 2.24. The molecule has 1 aliphatic heterocycles. The molecule has 0 aliphatic carbocycles. The van der Waals surface area contributed by atoms with Crippen molar-refractivity contribution in [3.05, 3.63) is 64.0 Å². The number of nitrogens with two attached hydrogens (primary N) is 1. The fourth-order valence-corrected chi connectivity index (χ4v) is 3.93. The van der Waals surface area contributed by atoms with Crippen molar-refractivity contribution < 1.29 is 4.79 Å². The van der Waals surface area contributed by atoms with Gasteiger partial charge in [0.15, 0.2) is 5.13 Å². The molecule has 0 bridgehead atoms. The summed E-state index contributed by atoms with van der Waals surface area (Å²) >= 11 is 7.46. The van der Waals surface area contributed by atoms with Crippen LogP contribution in [-0.2, 0) is 6.42 Å². The molecule has 6 heteroatoms. The van der Waals surface area contributed by atoms with Crippen LogP contribution >= 0.6 is 22.9 Å². The predicted octanol–water partition coefficient (Wildman–Crippen LogP) is 4.64. The van der Waals surface area contributed by atoms with Gasteiger partial charge in [0.25, 0.3) is 5.91 Å². The van der Waals surface area contributed by atoms with E-state index in [0.717, 1.165) is 35.3 Å². The first-order valence-electron chi connectivity index (χ1n) is 8.03. The van der Waals surface area contributed by atoms with E-state index in [9.17, 15) is 4.79 Å². The summed E-state index contributed by atoms with van der Waals surface area (Å²) in [6, 6.07) is 13.2. The molecule has 0 atom stereocenters. The van der Waals surface area contributed by atoms with Gasteiger partial charge in [0, 0.05) is 33.8 Å². The van der Waals surface area contributed by atoms with E-state index in [0.29, 0.717) is 22.3 Å². The lowest BCUT2D eigenvalue weighted by atomic mass is 9.97. The Labute approximate surface area is 154 Å². The average molecular weight is 370 g/mol. The van der Waals surface area contributed by atoms with E-state index in [1.54, 1.807) is 24.3 Å². The maximum atomic E-state index is 12.9. The van der Waals surface area contributed by atoms with Crippen molar-refractivity contribution in [1.29, 1.82) is 0 Å². The molecule has 0 spiro atoms. The second kappa shape index (κ2) is 6.50. The van der Waals surface area contributed by atoms with Crippen molar-refractivity contribution in [3.63, 3.8) is 0 Å². The maximum Gasteiger partial charge on any atom is 0.258 e. The number of nitrogens with zero attached hydrogens (tertiary/aromatic N) is 2. The van der Waals surface area contributed by atoms with Gasteiger partial charge in [-0.25, -0.2) is 4.98 Å². The van der Waals surface area contributed by atoms with Crippen LogP contribution in [0.3, 0.4) is 0 Å². The minimum Gasteiger partial charge on any atom is -0.375 e. The number of rotatable bonds is 2. The maximum absolute atomic E-state index is 12.9. The summed E-state index contributed by atoms with van der Waals surface area (Å²) in [4.78, 5) is 19.1. The molecule has 1 amide bonds. The Morgan fingerprint density at radius 2 is 2.12 bits per heavy atom. The standard InChI is InChI=1S/C19H16ClN3OS/c20-15-5-1-3-14(10-15)18(24)23-8-2-4-13-9-12(6-7-17(13)23)16-11-25-19(21)22-16/h1,3,5-7,9-11H,2,4,8H2,(H2,21,22). The summed E-state index contributed by atoms with van der Waals surface area (Å²) < 4.78 is 0. The molecule has 3 aromatic rings. The molecule has 0 saturated heterocycles. The zero-order valence-electron chi connectivity index (χ0n) is 13.4. The second-order valence-electron chi connectivity index (χ2n) is 5.99. The van der Waals surface area contributed by atoms with Gasteiger partial charge in [0.2, 0.25) is 0 Å². The van der Waals surface area contributed by atoms with Crippen LogP contribution in [0.2, 0.25) is 5.02 Å². The van der Waals surface area contributed by atoms with Crippen molar-refractivity contribution in [2.75, 3.05) is 17.2 Å². The number of carbonyl (C=O) groups excluding carboxylic acids is 1. The van der Waals surface area contributed by atoms with Crippen LogP contribution < -0.4 is 10.6 Å². The molecule has 4 rings (SSSR count). The highest BCUT2D eigenvalue weighted by Crippen LogP contribution is 2.33. The van der Waals surface area contributed by atoms with Crippen LogP contribution in [0.4, 0.5) is 10.8 Å². The fourth-order valence-electron chi connectivity index (χ4n) is 3.16. The molecule has 0 fully saturated rings. The Hall–Kier alpha value is -2.37. The first-order valence-corrected chi connectivity index (χ1v) is 9.29. The number of hydrogen-bond acceptors (Lipinski definition) is 4. The summed E-state index contributed by atoms with van der Waals surface area (Å²) in [6.45, 7) is 0.710. The Balaban J connectivity index is 1.69. The Morgan fingerprint density at radius 3 is 2.88 bits per heavy atom. The summed E-state index contributed by atoms with van der Waals surface area (Å²) in [7, 11) is 0. The van der Waals surface area contributed by atoms with Gasteiger partial charge in [0.05, 0.1) is 5.69 Å². The number of hydrogen-bond donors (Lipinski definition) is 1. The molecule has 1 aliphatic rings. The number of aryl methyl sites for hydroxylation is 1. The first-order chi connectivity index (χ1) is 12.1. The van der Waals surface area contributed by atoms with Gasteiger partial charge in [-0.3, -0.25) is 4.79 Å². The number of nitrogen functional groups attached to an aromatic ring is 1. The molecule has 0 unspecified atom stereocenters. The van der Waals surface area contributed by atoms with Crippen LogP contribution in [0.5, 0.6) is 0 Å². The number of amides is 1. The van der Waals surface area contributed by atoms with E-state index in [4.69, 9.17) is 17.3 Å². The minimum absolute atomic E-state index is 0.0193. The first kappa shape index (κ1) is 16.1. The SMILES string of the molecule is Nc1nc(-c2ccc3c(c2)CCCN3C(=O)c2cccc(Cl)c2)cs1. The molecule has 1 aromatic heterocycles. The van der Waals surface area contributed by atoms with Crippen molar-refractivity contribution in [1.82, 2.24) is 4.98 Å². The molecule has 2 N–H and O–H groups in total. The smallest absolute Gasteiger partial charge is 0.258 e. The normalized spacial score (nSPS) is 13.6. The van der Waals surface area contributed by atoms with Crippen LogP contribution in [0, 0.1) is 0 Å². The Kier molecular flexibility index (Phi) is 4.19. The molecular weight excluding hydrogens is 354 g/mol. The average Bonchev–Trinajstić information content (AvgIpc) is 3.06. The van der Waals surface area contributed by atoms with Crippen molar-refractivity contribution in [2.45, 2.75) is 12.8 Å².